The molecule has 0 fully saturated rings. The Morgan fingerprint density at radius 1 is 1.56 bits per heavy atom. The number of hydrogen-bond acceptors (Lipinski definition) is 4. The molecule has 1 rings (SSSR count). The molecule has 0 saturated carbocycles. The number of urea groups is 1. The number of aliphatic hydroxyl groups is 1. The zero-order valence-electron chi connectivity index (χ0n) is 8.56. The molecule has 0 radical (unpaired) electrons. The van der Waals surface area contributed by atoms with Crippen LogP contribution in [0.1, 0.15) is 17.3 Å². The van der Waals surface area contributed by atoms with Crippen LogP contribution in [0.4, 0.5) is 9.80 Å². The summed E-state index contributed by atoms with van der Waals surface area (Å²) in [4.78, 5) is 22.0. The average molecular weight is 244 g/mol. The lowest BCUT2D eigenvalue weighted by Crippen LogP contribution is -2.34. The number of amides is 2. The summed E-state index contributed by atoms with van der Waals surface area (Å²) in [6.07, 6.45) is -0.645. The van der Waals surface area contributed by atoms with E-state index < -0.39 is 18.1 Å². The molecule has 1 aromatic heterocycles. The molecule has 1 aromatic rings. The van der Waals surface area contributed by atoms with Gasteiger partial charge < -0.3 is 15.5 Å². The highest BCUT2D eigenvalue weighted by molar-refractivity contribution is 7.14. The van der Waals surface area contributed by atoms with Crippen LogP contribution in [0, 0.1) is 0 Å². The molecule has 0 aromatic carbocycles. The number of carboxylic acid groups (broad SMARTS) is 1. The summed E-state index contributed by atoms with van der Waals surface area (Å²) >= 11 is 1.13. The molecule has 0 aliphatic carbocycles. The molecule has 88 valence electrons. The zero-order valence-corrected chi connectivity index (χ0v) is 9.37. The first-order valence-electron chi connectivity index (χ1n) is 4.54. The number of aromatic carboxylic acids is 1. The maximum atomic E-state index is 11.3. The van der Waals surface area contributed by atoms with Crippen LogP contribution in [-0.4, -0.2) is 34.9 Å². The molecular formula is C9H12N2O4S. The van der Waals surface area contributed by atoms with Crippen molar-refractivity contribution in [3.63, 3.8) is 0 Å². The van der Waals surface area contributed by atoms with Crippen LogP contribution in [0.5, 0.6) is 0 Å². The molecule has 7 heteroatoms. The van der Waals surface area contributed by atoms with Crippen molar-refractivity contribution in [3.8, 4) is 0 Å². The minimum absolute atomic E-state index is 0.0530. The van der Waals surface area contributed by atoms with E-state index in [2.05, 4.69) is 10.6 Å². The number of aliphatic hydroxyl groups excluding tert-OH is 1. The van der Waals surface area contributed by atoms with Crippen LogP contribution in [-0.2, 0) is 0 Å². The highest BCUT2D eigenvalue weighted by Gasteiger charge is 2.13. The molecule has 4 N–H and O–H groups in total. The highest BCUT2D eigenvalue weighted by Crippen LogP contribution is 2.22. The van der Waals surface area contributed by atoms with Crippen molar-refractivity contribution < 1.29 is 19.8 Å². The van der Waals surface area contributed by atoms with E-state index in [4.69, 9.17) is 10.2 Å². The third-order valence-electron chi connectivity index (χ3n) is 1.68. The fourth-order valence-electron chi connectivity index (χ4n) is 0.962. The number of thiophene rings is 1. The summed E-state index contributed by atoms with van der Waals surface area (Å²) in [5, 5.41) is 24.4. The fraction of sp³-hybridized carbons (Fsp3) is 0.333. The molecule has 0 spiro atoms. The lowest BCUT2D eigenvalue weighted by Gasteiger charge is -2.08. The Labute approximate surface area is 95.9 Å². The third kappa shape index (κ3) is 3.52. The van der Waals surface area contributed by atoms with Gasteiger partial charge in [0.25, 0.3) is 0 Å². The van der Waals surface area contributed by atoms with Gasteiger partial charge in [-0.1, -0.05) is 0 Å². The lowest BCUT2D eigenvalue weighted by molar-refractivity contribution is 0.0698. The van der Waals surface area contributed by atoms with Gasteiger partial charge in [0.2, 0.25) is 0 Å². The number of carbonyl (C=O) groups excluding carboxylic acids is 1. The van der Waals surface area contributed by atoms with Gasteiger partial charge in [-0.15, -0.1) is 11.3 Å². The van der Waals surface area contributed by atoms with E-state index in [-0.39, 0.29) is 17.1 Å². The van der Waals surface area contributed by atoms with Gasteiger partial charge in [-0.05, 0) is 18.4 Å². The van der Waals surface area contributed by atoms with Crippen LogP contribution in [0.3, 0.4) is 0 Å². The number of nitrogens with one attached hydrogen (secondary N) is 2. The van der Waals surface area contributed by atoms with Crippen LogP contribution in [0.15, 0.2) is 11.4 Å². The Morgan fingerprint density at radius 2 is 2.25 bits per heavy atom. The Kier molecular flexibility index (Phi) is 4.27. The van der Waals surface area contributed by atoms with E-state index in [1.54, 1.807) is 5.38 Å². The highest BCUT2D eigenvalue weighted by atomic mass is 32.1. The van der Waals surface area contributed by atoms with E-state index in [1.807, 2.05) is 0 Å². The molecular weight excluding hydrogens is 232 g/mol. The van der Waals surface area contributed by atoms with Crippen molar-refractivity contribution in [1.29, 1.82) is 0 Å². The van der Waals surface area contributed by atoms with E-state index in [1.165, 1.54) is 13.0 Å². The predicted molar refractivity (Wildman–Crippen MR) is 60.0 cm³/mol. The van der Waals surface area contributed by atoms with Crippen molar-refractivity contribution in [1.82, 2.24) is 5.32 Å². The molecule has 1 heterocycles. The summed E-state index contributed by atoms with van der Waals surface area (Å²) < 4.78 is 0. The van der Waals surface area contributed by atoms with Crippen LogP contribution >= 0.6 is 11.3 Å². The summed E-state index contributed by atoms with van der Waals surface area (Å²) in [6, 6.07) is 0.878. The Morgan fingerprint density at radius 3 is 2.81 bits per heavy atom. The minimum Gasteiger partial charge on any atom is -0.478 e. The number of carboxylic acids is 1. The summed E-state index contributed by atoms with van der Waals surface area (Å²) in [5.41, 5.74) is 0.0530. The maximum absolute atomic E-state index is 11.3. The molecule has 16 heavy (non-hydrogen) atoms. The Hall–Kier alpha value is -1.60. The van der Waals surface area contributed by atoms with E-state index in [9.17, 15) is 9.59 Å². The first kappa shape index (κ1) is 12.5. The number of rotatable bonds is 4. The smallest absolute Gasteiger partial charge is 0.338 e. The van der Waals surface area contributed by atoms with Gasteiger partial charge >= 0.3 is 12.0 Å². The quantitative estimate of drug-likeness (QED) is 0.633. The first-order chi connectivity index (χ1) is 7.50. The molecule has 2 amide bonds. The first-order valence-corrected chi connectivity index (χ1v) is 5.42. The van der Waals surface area contributed by atoms with Crippen molar-refractivity contribution in [3.05, 3.63) is 17.0 Å². The van der Waals surface area contributed by atoms with Crippen LogP contribution in [0.2, 0.25) is 0 Å². The van der Waals surface area contributed by atoms with E-state index in [0.29, 0.717) is 0 Å². The summed E-state index contributed by atoms with van der Waals surface area (Å²) in [7, 11) is 0. The second kappa shape index (κ2) is 5.47. The maximum Gasteiger partial charge on any atom is 0.338 e. The molecule has 0 aliphatic rings. The lowest BCUT2D eigenvalue weighted by atomic mass is 10.3. The van der Waals surface area contributed by atoms with Crippen LogP contribution in [0.25, 0.3) is 0 Å². The standard InChI is InChI=1S/C9H12N2O4S/c1-5(12)4-10-9(15)11-7-6(8(13)14)2-3-16-7/h2-3,5,12H,4H2,1H3,(H,13,14)(H2,10,11,15). The van der Waals surface area contributed by atoms with Crippen LogP contribution < -0.4 is 10.6 Å². The van der Waals surface area contributed by atoms with Gasteiger partial charge in [-0.3, -0.25) is 5.32 Å². The second-order valence-corrected chi connectivity index (χ2v) is 4.07. The molecule has 0 saturated heterocycles. The van der Waals surface area contributed by atoms with Gasteiger partial charge in [-0.25, -0.2) is 9.59 Å². The van der Waals surface area contributed by atoms with Crippen molar-refractivity contribution in [2.24, 2.45) is 0 Å². The van der Waals surface area contributed by atoms with Gasteiger partial charge in [0, 0.05) is 6.54 Å². The number of hydrogen-bond donors (Lipinski definition) is 4. The summed E-state index contributed by atoms with van der Waals surface area (Å²) in [5.74, 6) is -1.09. The van der Waals surface area contributed by atoms with Gasteiger partial charge in [0.05, 0.1) is 11.7 Å². The zero-order chi connectivity index (χ0) is 12.1. The largest absolute Gasteiger partial charge is 0.478 e. The number of carbonyl (C=O) groups is 2. The molecule has 0 bridgehead atoms. The minimum atomic E-state index is -1.09. The number of anilines is 1. The molecule has 0 aliphatic heterocycles. The monoisotopic (exact) mass is 244 g/mol. The van der Waals surface area contributed by atoms with Crippen molar-refractivity contribution in [2.75, 3.05) is 11.9 Å². The fourth-order valence-corrected chi connectivity index (χ4v) is 1.74. The normalized spacial score (nSPS) is 11.9. The van der Waals surface area contributed by atoms with Crippen molar-refractivity contribution >= 4 is 28.3 Å². The molecule has 1 unspecified atom stereocenters. The Bertz CT molecular complexity index is 389. The van der Waals surface area contributed by atoms with Gasteiger partial charge in [0.15, 0.2) is 0 Å². The van der Waals surface area contributed by atoms with Crippen molar-refractivity contribution in [2.45, 2.75) is 13.0 Å². The summed E-state index contributed by atoms with van der Waals surface area (Å²) in [6.45, 7) is 1.65. The predicted octanol–water partition coefficient (Wildman–Crippen LogP) is 0.949. The van der Waals surface area contributed by atoms with E-state index >= 15 is 0 Å². The second-order valence-electron chi connectivity index (χ2n) is 3.15. The molecule has 1 atom stereocenters. The third-order valence-corrected chi connectivity index (χ3v) is 2.51. The van der Waals surface area contributed by atoms with Gasteiger partial charge in [-0.2, -0.15) is 0 Å². The topological polar surface area (TPSA) is 98.7 Å². The van der Waals surface area contributed by atoms with E-state index in [0.717, 1.165) is 11.3 Å². The molecule has 6 nitrogen and oxygen atoms in total. The van der Waals surface area contributed by atoms with Gasteiger partial charge in [0.1, 0.15) is 5.00 Å². The average Bonchev–Trinajstić information content (AvgIpc) is 2.62. The SMILES string of the molecule is CC(O)CNC(=O)Nc1sccc1C(=O)O. The Balaban J connectivity index is 2.56.